The van der Waals surface area contributed by atoms with Crippen LogP contribution in [0.25, 0.3) is 0 Å². The Labute approximate surface area is 129 Å². The number of fused-ring (bicyclic) bond motifs is 1. The molecule has 1 N–H and O–H groups in total. The number of ether oxygens (including phenoxy) is 2. The molecule has 5 heteroatoms. The topological polar surface area (TPSA) is 43.4 Å². The number of aromatic nitrogens is 1. The minimum atomic E-state index is -0.491. The Morgan fingerprint density at radius 2 is 1.86 bits per heavy atom. The van der Waals surface area contributed by atoms with E-state index in [0.29, 0.717) is 24.9 Å². The fourth-order valence-corrected chi connectivity index (χ4v) is 2.54. The van der Waals surface area contributed by atoms with Gasteiger partial charge in [0.05, 0.1) is 6.04 Å². The average Bonchev–Trinajstić information content (AvgIpc) is 2.52. The van der Waals surface area contributed by atoms with Gasteiger partial charge < -0.3 is 14.8 Å². The molecule has 1 atom stereocenters. The first-order valence-electron chi connectivity index (χ1n) is 7.42. The predicted octanol–water partition coefficient (Wildman–Crippen LogP) is 3.80. The zero-order valence-electron chi connectivity index (χ0n) is 12.7. The van der Waals surface area contributed by atoms with E-state index < -0.39 is 5.95 Å². The van der Waals surface area contributed by atoms with Gasteiger partial charge in [0.15, 0.2) is 11.5 Å². The number of hydrogen-bond acceptors (Lipinski definition) is 4. The molecule has 1 unspecified atom stereocenters. The van der Waals surface area contributed by atoms with Crippen molar-refractivity contribution < 1.29 is 13.9 Å². The van der Waals surface area contributed by atoms with E-state index in [2.05, 4.69) is 24.1 Å². The molecule has 0 radical (unpaired) electrons. The van der Waals surface area contributed by atoms with Crippen LogP contribution in [0.15, 0.2) is 36.4 Å². The predicted molar refractivity (Wildman–Crippen MR) is 82.8 cm³/mol. The van der Waals surface area contributed by atoms with E-state index in [1.54, 1.807) is 12.1 Å². The Morgan fingerprint density at radius 1 is 1.09 bits per heavy atom. The Kier molecular flexibility index (Phi) is 4.13. The first kappa shape index (κ1) is 14.6. The first-order valence-corrected chi connectivity index (χ1v) is 7.42. The van der Waals surface area contributed by atoms with Crippen molar-refractivity contribution in [2.75, 3.05) is 18.5 Å². The van der Waals surface area contributed by atoms with Crippen molar-refractivity contribution in [2.24, 2.45) is 5.92 Å². The van der Waals surface area contributed by atoms with Crippen LogP contribution >= 0.6 is 0 Å². The molecule has 0 bridgehead atoms. The number of pyridine rings is 1. The van der Waals surface area contributed by atoms with E-state index in [-0.39, 0.29) is 6.04 Å². The second-order valence-electron chi connectivity index (χ2n) is 5.61. The Morgan fingerprint density at radius 3 is 2.59 bits per heavy atom. The molecule has 0 saturated carbocycles. The lowest BCUT2D eigenvalue weighted by Crippen LogP contribution is -2.19. The van der Waals surface area contributed by atoms with Crippen LogP contribution < -0.4 is 14.8 Å². The van der Waals surface area contributed by atoms with Crippen molar-refractivity contribution in [1.29, 1.82) is 0 Å². The van der Waals surface area contributed by atoms with Gasteiger partial charge in [-0.2, -0.15) is 4.39 Å². The molecule has 3 rings (SSSR count). The van der Waals surface area contributed by atoms with E-state index in [4.69, 9.17) is 9.47 Å². The van der Waals surface area contributed by atoms with Gasteiger partial charge in [-0.05, 0) is 35.7 Å². The van der Waals surface area contributed by atoms with Crippen molar-refractivity contribution in [3.63, 3.8) is 0 Å². The number of halogens is 1. The van der Waals surface area contributed by atoms with Gasteiger partial charge in [-0.15, -0.1) is 0 Å². The molecule has 1 aromatic heterocycles. The van der Waals surface area contributed by atoms with Gasteiger partial charge in [-0.1, -0.05) is 26.0 Å². The third kappa shape index (κ3) is 3.13. The maximum absolute atomic E-state index is 13.3. The minimum Gasteiger partial charge on any atom is -0.486 e. The van der Waals surface area contributed by atoms with Crippen molar-refractivity contribution >= 4 is 5.82 Å². The van der Waals surface area contributed by atoms with Crippen LogP contribution in [-0.2, 0) is 0 Å². The third-order valence-electron chi connectivity index (χ3n) is 3.61. The summed E-state index contributed by atoms with van der Waals surface area (Å²) in [6.07, 6.45) is 0. The summed E-state index contributed by atoms with van der Waals surface area (Å²) in [6, 6.07) is 10.6. The highest BCUT2D eigenvalue weighted by molar-refractivity contribution is 5.47. The minimum absolute atomic E-state index is 0.00475. The SMILES string of the molecule is CC(C)C(Nc1cccc(F)n1)c1ccc2c(c1)OCCO2. The number of nitrogens with zero attached hydrogens (tertiary/aromatic N) is 1. The molecule has 0 saturated heterocycles. The number of hydrogen-bond donors (Lipinski definition) is 1. The van der Waals surface area contributed by atoms with E-state index >= 15 is 0 Å². The normalized spacial score (nSPS) is 14.7. The summed E-state index contributed by atoms with van der Waals surface area (Å²) in [6.45, 7) is 5.34. The van der Waals surface area contributed by atoms with Gasteiger partial charge in [-0.3, -0.25) is 0 Å². The van der Waals surface area contributed by atoms with Gasteiger partial charge in [0.25, 0.3) is 0 Å². The molecule has 0 fully saturated rings. The van der Waals surface area contributed by atoms with Gasteiger partial charge >= 0.3 is 0 Å². The quantitative estimate of drug-likeness (QED) is 0.872. The lowest BCUT2D eigenvalue weighted by Gasteiger charge is -2.25. The summed E-state index contributed by atoms with van der Waals surface area (Å²) in [7, 11) is 0. The second kappa shape index (κ2) is 6.22. The zero-order valence-corrected chi connectivity index (χ0v) is 12.7. The fraction of sp³-hybridized carbons (Fsp3) is 0.353. The van der Waals surface area contributed by atoms with Crippen molar-refractivity contribution in [1.82, 2.24) is 4.98 Å². The van der Waals surface area contributed by atoms with E-state index in [1.165, 1.54) is 6.07 Å². The highest BCUT2D eigenvalue weighted by atomic mass is 19.1. The first-order chi connectivity index (χ1) is 10.6. The Bertz CT molecular complexity index is 661. The average molecular weight is 302 g/mol. The summed E-state index contributed by atoms with van der Waals surface area (Å²) in [4.78, 5) is 3.87. The second-order valence-corrected chi connectivity index (χ2v) is 5.61. The van der Waals surface area contributed by atoms with Crippen LogP contribution in [-0.4, -0.2) is 18.2 Å². The van der Waals surface area contributed by atoms with E-state index in [0.717, 1.165) is 17.1 Å². The molecular weight excluding hydrogens is 283 g/mol. The molecule has 0 spiro atoms. The summed E-state index contributed by atoms with van der Waals surface area (Å²) in [5.74, 6) is 1.85. The van der Waals surface area contributed by atoms with Crippen molar-refractivity contribution in [3.05, 3.63) is 47.9 Å². The van der Waals surface area contributed by atoms with E-state index in [1.807, 2.05) is 18.2 Å². The maximum Gasteiger partial charge on any atom is 0.214 e. The molecule has 2 heterocycles. The standard InChI is InChI=1S/C17H19FN2O2/c1-11(2)17(20-16-5-3-4-15(18)19-16)12-6-7-13-14(10-12)22-9-8-21-13/h3-7,10-11,17H,8-9H2,1-2H3,(H,19,20). The van der Waals surface area contributed by atoms with Crippen LogP contribution in [0.3, 0.4) is 0 Å². The van der Waals surface area contributed by atoms with Crippen molar-refractivity contribution in [2.45, 2.75) is 19.9 Å². The van der Waals surface area contributed by atoms with E-state index in [9.17, 15) is 4.39 Å². The van der Waals surface area contributed by atoms with Crippen LogP contribution in [0.2, 0.25) is 0 Å². The molecular formula is C17H19FN2O2. The summed E-state index contributed by atoms with van der Waals surface area (Å²) in [5, 5.41) is 3.29. The molecule has 0 aliphatic carbocycles. The number of rotatable bonds is 4. The van der Waals surface area contributed by atoms with Gasteiger partial charge in [0, 0.05) is 0 Å². The smallest absolute Gasteiger partial charge is 0.214 e. The number of benzene rings is 1. The summed E-state index contributed by atoms with van der Waals surface area (Å²) < 4.78 is 24.4. The largest absolute Gasteiger partial charge is 0.486 e. The molecule has 1 aliphatic heterocycles. The molecule has 22 heavy (non-hydrogen) atoms. The third-order valence-corrected chi connectivity index (χ3v) is 3.61. The monoisotopic (exact) mass is 302 g/mol. The van der Waals surface area contributed by atoms with Crippen LogP contribution in [0.4, 0.5) is 10.2 Å². The Balaban J connectivity index is 1.87. The zero-order chi connectivity index (χ0) is 15.5. The number of anilines is 1. The molecule has 116 valence electrons. The van der Waals surface area contributed by atoms with Crippen molar-refractivity contribution in [3.8, 4) is 11.5 Å². The maximum atomic E-state index is 13.3. The lowest BCUT2D eigenvalue weighted by molar-refractivity contribution is 0.171. The van der Waals surface area contributed by atoms with Crippen LogP contribution in [0.1, 0.15) is 25.5 Å². The molecule has 1 aliphatic rings. The fourth-order valence-electron chi connectivity index (χ4n) is 2.54. The van der Waals surface area contributed by atoms with Gasteiger partial charge in [0.2, 0.25) is 5.95 Å². The Hall–Kier alpha value is -2.30. The van der Waals surface area contributed by atoms with Crippen LogP contribution in [0, 0.1) is 11.9 Å². The highest BCUT2D eigenvalue weighted by Crippen LogP contribution is 2.35. The lowest BCUT2D eigenvalue weighted by atomic mass is 9.95. The molecule has 1 aromatic carbocycles. The molecule has 2 aromatic rings. The summed E-state index contributed by atoms with van der Waals surface area (Å²) >= 11 is 0. The molecule has 0 amide bonds. The number of nitrogens with one attached hydrogen (secondary N) is 1. The van der Waals surface area contributed by atoms with Gasteiger partial charge in [0.1, 0.15) is 19.0 Å². The highest BCUT2D eigenvalue weighted by Gasteiger charge is 2.20. The summed E-state index contributed by atoms with van der Waals surface area (Å²) in [5.41, 5.74) is 1.06. The van der Waals surface area contributed by atoms with Crippen LogP contribution in [0.5, 0.6) is 11.5 Å². The van der Waals surface area contributed by atoms with Gasteiger partial charge in [-0.25, -0.2) is 4.98 Å². The molecule has 4 nitrogen and oxygen atoms in total.